The zero-order chi connectivity index (χ0) is 24.9. The third-order valence-electron chi connectivity index (χ3n) is 6.99. The Balaban J connectivity index is 1.12. The summed E-state index contributed by atoms with van der Waals surface area (Å²) in [7, 11) is 4.02. The van der Waals surface area contributed by atoms with E-state index in [1.165, 1.54) is 0 Å². The van der Waals surface area contributed by atoms with Gasteiger partial charge in [-0.15, -0.1) is 0 Å². The van der Waals surface area contributed by atoms with Gasteiger partial charge in [-0.3, -0.25) is 4.79 Å². The van der Waals surface area contributed by atoms with E-state index in [9.17, 15) is 4.79 Å². The fourth-order valence-corrected chi connectivity index (χ4v) is 4.94. The van der Waals surface area contributed by atoms with Gasteiger partial charge in [0, 0.05) is 37.6 Å². The minimum atomic E-state index is -0.00404. The topological polar surface area (TPSA) is 70.2 Å². The highest BCUT2D eigenvalue weighted by molar-refractivity contribution is 5.94. The fourth-order valence-electron chi connectivity index (χ4n) is 4.94. The summed E-state index contributed by atoms with van der Waals surface area (Å²) in [6, 6.07) is 26.5. The standard InChI is InChI=1S/C30H33N5O/c1-35(2)28-26-10-6-7-11-27(26)33-30(34-28)32-25-18-12-21(13-19-25)20-31-29(36)24-16-14-23(15-17-24)22-8-4-3-5-9-22/h3-11,14-17,21,25H,12-13,18-20H2,1-2H3,(H,31,36)(H,32,33,34)/t21-,25+. The monoisotopic (exact) mass is 479 g/mol. The van der Waals surface area contributed by atoms with Gasteiger partial charge in [-0.25, -0.2) is 4.98 Å². The Labute approximate surface area is 212 Å². The van der Waals surface area contributed by atoms with E-state index in [0.29, 0.717) is 30.0 Å². The molecule has 1 amide bonds. The van der Waals surface area contributed by atoms with E-state index in [0.717, 1.165) is 53.5 Å². The average Bonchev–Trinajstić information content (AvgIpc) is 2.92. The van der Waals surface area contributed by atoms with Crippen molar-refractivity contribution in [2.24, 2.45) is 5.92 Å². The van der Waals surface area contributed by atoms with Crippen LogP contribution in [0.25, 0.3) is 22.0 Å². The highest BCUT2D eigenvalue weighted by Crippen LogP contribution is 2.28. The van der Waals surface area contributed by atoms with Gasteiger partial charge in [-0.1, -0.05) is 54.6 Å². The van der Waals surface area contributed by atoms with Crippen LogP contribution in [0.2, 0.25) is 0 Å². The van der Waals surface area contributed by atoms with Gasteiger partial charge in [0.2, 0.25) is 5.95 Å². The lowest BCUT2D eigenvalue weighted by Gasteiger charge is -2.29. The predicted molar refractivity (Wildman–Crippen MR) is 147 cm³/mol. The van der Waals surface area contributed by atoms with Crippen LogP contribution in [-0.2, 0) is 0 Å². The van der Waals surface area contributed by atoms with E-state index in [-0.39, 0.29) is 5.91 Å². The lowest BCUT2D eigenvalue weighted by atomic mass is 9.86. The largest absolute Gasteiger partial charge is 0.362 e. The normalized spacial score (nSPS) is 17.5. The molecule has 5 rings (SSSR count). The van der Waals surface area contributed by atoms with Crippen molar-refractivity contribution >= 4 is 28.6 Å². The summed E-state index contributed by atoms with van der Waals surface area (Å²) < 4.78 is 0. The second-order valence-corrected chi connectivity index (χ2v) is 9.80. The smallest absolute Gasteiger partial charge is 0.251 e. The minimum absolute atomic E-state index is 0.00404. The molecule has 1 aliphatic rings. The molecule has 0 aliphatic heterocycles. The second-order valence-electron chi connectivity index (χ2n) is 9.80. The van der Waals surface area contributed by atoms with Crippen molar-refractivity contribution in [1.29, 1.82) is 0 Å². The van der Waals surface area contributed by atoms with Crippen molar-refractivity contribution in [1.82, 2.24) is 15.3 Å². The number of rotatable bonds is 7. The van der Waals surface area contributed by atoms with Crippen molar-refractivity contribution < 1.29 is 4.79 Å². The number of amides is 1. The van der Waals surface area contributed by atoms with Gasteiger partial charge in [-0.2, -0.15) is 4.98 Å². The number of nitrogens with one attached hydrogen (secondary N) is 2. The highest BCUT2D eigenvalue weighted by atomic mass is 16.1. The number of carbonyl (C=O) groups excluding carboxylic acids is 1. The van der Waals surface area contributed by atoms with E-state index >= 15 is 0 Å². The number of fused-ring (bicyclic) bond motifs is 1. The van der Waals surface area contributed by atoms with Crippen molar-refractivity contribution in [2.75, 3.05) is 30.9 Å². The highest BCUT2D eigenvalue weighted by Gasteiger charge is 2.23. The number of carbonyl (C=O) groups is 1. The molecule has 0 radical (unpaired) electrons. The van der Waals surface area contributed by atoms with Gasteiger partial charge in [0.1, 0.15) is 5.82 Å². The molecule has 0 saturated heterocycles. The number of hydrogen-bond donors (Lipinski definition) is 2. The van der Waals surface area contributed by atoms with Gasteiger partial charge in [0.15, 0.2) is 0 Å². The SMILES string of the molecule is CN(C)c1nc(N[C@H]2CC[C@@H](CNC(=O)c3ccc(-c4ccccc4)cc3)CC2)nc2ccccc12. The molecule has 1 aliphatic carbocycles. The third-order valence-corrected chi connectivity index (χ3v) is 6.99. The number of anilines is 2. The quantitative estimate of drug-likeness (QED) is 0.352. The molecular formula is C30H33N5O. The Morgan fingerprint density at radius 2 is 1.50 bits per heavy atom. The van der Waals surface area contributed by atoms with Gasteiger partial charge in [0.05, 0.1) is 5.52 Å². The van der Waals surface area contributed by atoms with E-state index in [2.05, 4.69) is 28.8 Å². The Bertz CT molecular complexity index is 1310. The van der Waals surface area contributed by atoms with Gasteiger partial charge in [0.25, 0.3) is 5.91 Å². The van der Waals surface area contributed by atoms with Gasteiger partial charge < -0.3 is 15.5 Å². The Hall–Kier alpha value is -3.93. The molecule has 6 nitrogen and oxygen atoms in total. The van der Waals surface area contributed by atoms with Gasteiger partial charge in [-0.05, 0) is 67.0 Å². The number of nitrogens with zero attached hydrogens (tertiary/aromatic N) is 3. The number of hydrogen-bond acceptors (Lipinski definition) is 5. The van der Waals surface area contributed by atoms with Crippen molar-refractivity contribution in [3.63, 3.8) is 0 Å². The maximum atomic E-state index is 12.7. The van der Waals surface area contributed by atoms with E-state index in [1.807, 2.05) is 79.7 Å². The molecule has 36 heavy (non-hydrogen) atoms. The Kier molecular flexibility index (Phi) is 7.12. The summed E-state index contributed by atoms with van der Waals surface area (Å²) in [6.07, 6.45) is 4.22. The minimum Gasteiger partial charge on any atom is -0.362 e. The molecule has 184 valence electrons. The predicted octanol–water partition coefficient (Wildman–Crippen LogP) is 5.76. The van der Waals surface area contributed by atoms with E-state index in [4.69, 9.17) is 9.97 Å². The first-order chi connectivity index (χ1) is 17.6. The van der Waals surface area contributed by atoms with Crippen molar-refractivity contribution in [3.05, 3.63) is 84.4 Å². The van der Waals surface area contributed by atoms with Crippen LogP contribution in [0, 0.1) is 5.92 Å². The average molecular weight is 480 g/mol. The summed E-state index contributed by atoms with van der Waals surface area (Å²) in [5, 5.41) is 7.76. The molecule has 1 saturated carbocycles. The second kappa shape index (κ2) is 10.8. The number of benzene rings is 3. The lowest BCUT2D eigenvalue weighted by Crippen LogP contribution is -2.34. The zero-order valence-corrected chi connectivity index (χ0v) is 20.9. The Morgan fingerprint density at radius 3 is 2.22 bits per heavy atom. The first-order valence-corrected chi connectivity index (χ1v) is 12.7. The third kappa shape index (κ3) is 5.48. The molecule has 0 atom stereocenters. The summed E-state index contributed by atoms with van der Waals surface area (Å²) >= 11 is 0. The van der Waals surface area contributed by atoms with Crippen LogP contribution in [0.5, 0.6) is 0 Å². The molecule has 0 bridgehead atoms. The van der Waals surface area contributed by atoms with Crippen LogP contribution in [0.3, 0.4) is 0 Å². The zero-order valence-electron chi connectivity index (χ0n) is 20.9. The Morgan fingerprint density at radius 1 is 0.833 bits per heavy atom. The fraction of sp³-hybridized carbons (Fsp3) is 0.300. The molecule has 0 unspecified atom stereocenters. The van der Waals surface area contributed by atoms with E-state index < -0.39 is 0 Å². The maximum absolute atomic E-state index is 12.7. The van der Waals surface area contributed by atoms with Gasteiger partial charge >= 0.3 is 0 Å². The molecule has 1 fully saturated rings. The van der Waals surface area contributed by atoms with Crippen LogP contribution >= 0.6 is 0 Å². The molecule has 1 aromatic heterocycles. The molecule has 1 heterocycles. The maximum Gasteiger partial charge on any atom is 0.251 e. The van der Waals surface area contributed by atoms with Crippen molar-refractivity contribution in [2.45, 2.75) is 31.7 Å². The molecule has 6 heteroatoms. The summed E-state index contributed by atoms with van der Waals surface area (Å²) in [6.45, 7) is 0.712. The molecule has 3 aromatic carbocycles. The number of para-hydroxylation sites is 1. The van der Waals surface area contributed by atoms with Crippen molar-refractivity contribution in [3.8, 4) is 11.1 Å². The first-order valence-electron chi connectivity index (χ1n) is 12.7. The lowest BCUT2D eigenvalue weighted by molar-refractivity contribution is 0.0943. The van der Waals surface area contributed by atoms with Crippen LogP contribution in [0.4, 0.5) is 11.8 Å². The molecular weight excluding hydrogens is 446 g/mol. The molecule has 4 aromatic rings. The molecule has 2 N–H and O–H groups in total. The van der Waals surface area contributed by atoms with Crippen LogP contribution < -0.4 is 15.5 Å². The number of aromatic nitrogens is 2. The van der Waals surface area contributed by atoms with Crippen LogP contribution in [0.15, 0.2) is 78.9 Å². The summed E-state index contributed by atoms with van der Waals surface area (Å²) in [5.74, 6) is 2.10. The first kappa shape index (κ1) is 23.8. The van der Waals surface area contributed by atoms with Crippen LogP contribution in [0.1, 0.15) is 36.0 Å². The van der Waals surface area contributed by atoms with E-state index in [1.54, 1.807) is 0 Å². The summed E-state index contributed by atoms with van der Waals surface area (Å²) in [5.41, 5.74) is 3.93. The van der Waals surface area contributed by atoms with Crippen LogP contribution in [-0.4, -0.2) is 42.6 Å². The molecule has 0 spiro atoms. The summed E-state index contributed by atoms with van der Waals surface area (Å²) in [4.78, 5) is 24.2.